The molecule has 5 heteroatoms. The van der Waals surface area contributed by atoms with E-state index in [1.54, 1.807) is 12.1 Å². The zero-order valence-corrected chi connectivity index (χ0v) is 12.6. The van der Waals surface area contributed by atoms with E-state index >= 15 is 0 Å². The van der Waals surface area contributed by atoms with E-state index in [1.807, 2.05) is 19.1 Å². The molecule has 1 aliphatic rings. The number of rotatable bonds is 3. The Labute approximate surface area is 124 Å². The number of benzene rings is 1. The van der Waals surface area contributed by atoms with E-state index in [0.717, 1.165) is 5.56 Å². The number of nitrogens with one attached hydrogen (secondary N) is 1. The third-order valence-corrected chi connectivity index (χ3v) is 3.73. The van der Waals surface area contributed by atoms with Crippen molar-refractivity contribution >= 4 is 17.7 Å². The zero-order valence-electron chi connectivity index (χ0n) is 12.6. The first-order valence-corrected chi connectivity index (χ1v) is 7.18. The van der Waals surface area contributed by atoms with Crippen molar-refractivity contribution < 1.29 is 14.4 Å². The van der Waals surface area contributed by atoms with E-state index in [4.69, 9.17) is 0 Å². The Morgan fingerprint density at radius 1 is 1.29 bits per heavy atom. The number of imide groups is 1. The molecule has 21 heavy (non-hydrogen) atoms. The summed E-state index contributed by atoms with van der Waals surface area (Å²) in [6.07, 6.45) is 0.481. The monoisotopic (exact) mass is 288 g/mol. The molecule has 1 fully saturated rings. The molecule has 0 radical (unpaired) electrons. The van der Waals surface area contributed by atoms with Crippen LogP contribution in [0.1, 0.15) is 49.0 Å². The summed E-state index contributed by atoms with van der Waals surface area (Å²) in [5.41, 5.74) is 1.64. The molecular formula is C16H20N2O3. The molecule has 1 aliphatic heterocycles. The molecule has 3 amide bonds. The van der Waals surface area contributed by atoms with Crippen LogP contribution in [0.5, 0.6) is 0 Å². The number of amides is 3. The van der Waals surface area contributed by atoms with Crippen LogP contribution in [0.2, 0.25) is 0 Å². The van der Waals surface area contributed by atoms with Gasteiger partial charge in [0.05, 0.1) is 0 Å². The number of hydrogen-bond acceptors (Lipinski definition) is 3. The molecule has 112 valence electrons. The fourth-order valence-corrected chi connectivity index (χ4v) is 2.46. The highest BCUT2D eigenvalue weighted by atomic mass is 16.2. The summed E-state index contributed by atoms with van der Waals surface area (Å²) in [5.74, 6) is -0.724. The van der Waals surface area contributed by atoms with Crippen molar-refractivity contribution in [3.8, 4) is 0 Å². The van der Waals surface area contributed by atoms with Crippen LogP contribution in [-0.2, 0) is 9.59 Å². The number of piperazine rings is 1. The topological polar surface area (TPSA) is 66.5 Å². The minimum absolute atomic E-state index is 0.0744. The third kappa shape index (κ3) is 3.12. The van der Waals surface area contributed by atoms with Crippen molar-refractivity contribution in [1.29, 1.82) is 0 Å². The fraction of sp³-hybridized carbons (Fsp3) is 0.438. The lowest BCUT2D eigenvalue weighted by Gasteiger charge is -2.33. The van der Waals surface area contributed by atoms with Gasteiger partial charge in [-0.2, -0.15) is 0 Å². The summed E-state index contributed by atoms with van der Waals surface area (Å²) < 4.78 is 0. The Kier molecular flexibility index (Phi) is 4.40. The molecule has 2 rings (SSSR count). The van der Waals surface area contributed by atoms with Crippen LogP contribution in [0.25, 0.3) is 0 Å². The Morgan fingerprint density at radius 3 is 2.43 bits per heavy atom. The van der Waals surface area contributed by atoms with Crippen LogP contribution in [0.4, 0.5) is 0 Å². The van der Waals surface area contributed by atoms with Gasteiger partial charge < -0.3 is 4.90 Å². The fourth-order valence-electron chi connectivity index (χ4n) is 2.46. The van der Waals surface area contributed by atoms with Crippen LogP contribution >= 0.6 is 0 Å². The molecule has 0 spiro atoms. The maximum atomic E-state index is 12.5. The lowest BCUT2D eigenvalue weighted by molar-refractivity contribution is -0.138. The zero-order chi connectivity index (χ0) is 15.6. The quantitative estimate of drug-likeness (QED) is 0.861. The Bertz CT molecular complexity index is 563. The third-order valence-electron chi connectivity index (χ3n) is 3.73. The second-order valence-electron chi connectivity index (χ2n) is 5.55. The number of carbonyl (C=O) groups is 3. The Morgan fingerprint density at radius 2 is 1.90 bits per heavy atom. The molecular weight excluding hydrogens is 268 g/mol. The normalized spacial score (nSPS) is 18.9. The standard InChI is InChI=1S/C16H20N2O3/c1-4-13-15(20)17-14(19)9-18(13)16(21)12-7-5-11(6-8-12)10(2)3/h5-8,10,13H,4,9H2,1-3H3,(H,17,19,20). The minimum Gasteiger partial charge on any atom is -0.317 e. The smallest absolute Gasteiger partial charge is 0.255 e. The van der Waals surface area contributed by atoms with Gasteiger partial charge in [-0.3, -0.25) is 19.7 Å². The van der Waals surface area contributed by atoms with Gasteiger partial charge in [0.15, 0.2) is 0 Å². The van der Waals surface area contributed by atoms with Gasteiger partial charge in [-0.1, -0.05) is 32.9 Å². The SMILES string of the molecule is CCC1C(=O)NC(=O)CN1C(=O)c1ccc(C(C)C)cc1. The van der Waals surface area contributed by atoms with Gasteiger partial charge in [-0.05, 0) is 30.0 Å². The summed E-state index contributed by atoms with van der Waals surface area (Å²) >= 11 is 0. The molecule has 0 aliphatic carbocycles. The van der Waals surface area contributed by atoms with E-state index in [1.165, 1.54) is 4.90 Å². The van der Waals surface area contributed by atoms with Crippen molar-refractivity contribution in [2.45, 2.75) is 39.2 Å². The lowest BCUT2D eigenvalue weighted by atomic mass is 10.0. The molecule has 0 saturated carbocycles. The second kappa shape index (κ2) is 6.08. The maximum Gasteiger partial charge on any atom is 0.255 e. The Hall–Kier alpha value is -2.17. The highest BCUT2D eigenvalue weighted by Crippen LogP contribution is 2.18. The van der Waals surface area contributed by atoms with Gasteiger partial charge in [-0.25, -0.2) is 0 Å². The van der Waals surface area contributed by atoms with Crippen LogP contribution in [0.3, 0.4) is 0 Å². The Balaban J connectivity index is 2.24. The minimum atomic E-state index is -0.583. The van der Waals surface area contributed by atoms with Gasteiger partial charge in [0.2, 0.25) is 11.8 Å². The van der Waals surface area contributed by atoms with Gasteiger partial charge in [0.25, 0.3) is 5.91 Å². The molecule has 1 N–H and O–H groups in total. The van der Waals surface area contributed by atoms with E-state index in [9.17, 15) is 14.4 Å². The van der Waals surface area contributed by atoms with Gasteiger partial charge in [-0.15, -0.1) is 0 Å². The molecule has 1 aromatic carbocycles. The molecule has 1 unspecified atom stereocenters. The molecule has 1 heterocycles. The van der Waals surface area contributed by atoms with E-state index in [-0.39, 0.29) is 12.5 Å². The second-order valence-corrected chi connectivity index (χ2v) is 5.55. The van der Waals surface area contributed by atoms with Crippen molar-refractivity contribution in [3.05, 3.63) is 35.4 Å². The van der Waals surface area contributed by atoms with Crippen molar-refractivity contribution in [2.75, 3.05) is 6.54 Å². The highest BCUT2D eigenvalue weighted by Gasteiger charge is 2.35. The first-order valence-electron chi connectivity index (χ1n) is 7.18. The van der Waals surface area contributed by atoms with Crippen molar-refractivity contribution in [1.82, 2.24) is 10.2 Å². The van der Waals surface area contributed by atoms with E-state index in [2.05, 4.69) is 19.2 Å². The molecule has 1 aromatic rings. The maximum absolute atomic E-state index is 12.5. The van der Waals surface area contributed by atoms with Gasteiger partial charge >= 0.3 is 0 Å². The number of nitrogens with zero attached hydrogens (tertiary/aromatic N) is 1. The van der Waals surface area contributed by atoms with E-state index < -0.39 is 17.9 Å². The van der Waals surface area contributed by atoms with Crippen LogP contribution in [-0.4, -0.2) is 35.2 Å². The predicted octanol–water partition coefficient (Wildman–Crippen LogP) is 1.69. The highest BCUT2D eigenvalue weighted by molar-refractivity contribution is 6.07. The summed E-state index contributed by atoms with van der Waals surface area (Å²) in [6.45, 7) is 5.91. The lowest BCUT2D eigenvalue weighted by Crippen LogP contribution is -2.59. The average molecular weight is 288 g/mol. The first kappa shape index (κ1) is 15.2. The van der Waals surface area contributed by atoms with Gasteiger partial charge in [0.1, 0.15) is 12.6 Å². The van der Waals surface area contributed by atoms with Crippen LogP contribution in [0.15, 0.2) is 24.3 Å². The molecule has 1 saturated heterocycles. The van der Waals surface area contributed by atoms with Crippen LogP contribution < -0.4 is 5.32 Å². The molecule has 5 nitrogen and oxygen atoms in total. The summed E-state index contributed by atoms with van der Waals surface area (Å²) in [4.78, 5) is 37.2. The summed E-state index contributed by atoms with van der Waals surface area (Å²) in [5, 5.41) is 2.27. The molecule has 0 aromatic heterocycles. The van der Waals surface area contributed by atoms with Gasteiger partial charge in [0, 0.05) is 5.56 Å². The number of carbonyl (C=O) groups excluding carboxylic acids is 3. The van der Waals surface area contributed by atoms with Crippen molar-refractivity contribution in [3.63, 3.8) is 0 Å². The first-order chi connectivity index (χ1) is 9.93. The summed E-state index contributed by atoms with van der Waals surface area (Å²) in [6, 6.07) is 6.73. The molecule has 1 atom stereocenters. The van der Waals surface area contributed by atoms with Crippen molar-refractivity contribution in [2.24, 2.45) is 0 Å². The van der Waals surface area contributed by atoms with Crippen LogP contribution in [0, 0.1) is 0 Å². The predicted molar refractivity (Wildman–Crippen MR) is 78.8 cm³/mol. The molecule has 0 bridgehead atoms. The average Bonchev–Trinajstić information content (AvgIpc) is 2.46. The summed E-state index contributed by atoms with van der Waals surface area (Å²) in [7, 11) is 0. The largest absolute Gasteiger partial charge is 0.317 e. The number of hydrogen-bond donors (Lipinski definition) is 1. The van der Waals surface area contributed by atoms with E-state index in [0.29, 0.717) is 17.9 Å².